The molecular formula is C19H19N3O2S. The number of benzene rings is 1. The zero-order valence-corrected chi connectivity index (χ0v) is 15.5. The molecule has 6 heteroatoms. The number of nitrogens with zero attached hydrogens (tertiary/aromatic N) is 3. The highest BCUT2D eigenvalue weighted by Gasteiger charge is 2.40. The van der Waals surface area contributed by atoms with Crippen molar-refractivity contribution in [3.63, 3.8) is 0 Å². The highest BCUT2D eigenvalue weighted by atomic mass is 32.1. The molecule has 0 unspecified atom stereocenters. The Morgan fingerprint density at radius 3 is 2.92 bits per heavy atom. The molecule has 1 aliphatic rings. The fraction of sp³-hybridized carbons (Fsp3) is 0.316. The maximum Gasteiger partial charge on any atom is 0.338 e. The van der Waals surface area contributed by atoms with Gasteiger partial charge in [-0.05, 0) is 49.6 Å². The molecule has 1 aromatic carbocycles. The lowest BCUT2D eigenvalue weighted by Gasteiger charge is -2.32. The molecule has 3 aromatic rings. The number of methoxy groups -OCH3 is 1. The molecule has 0 saturated heterocycles. The predicted molar refractivity (Wildman–Crippen MR) is 99.1 cm³/mol. The van der Waals surface area contributed by atoms with Gasteiger partial charge in [-0.25, -0.2) is 9.78 Å². The van der Waals surface area contributed by atoms with Gasteiger partial charge >= 0.3 is 5.97 Å². The summed E-state index contributed by atoms with van der Waals surface area (Å²) in [5.74, 6) is -0.295. The third kappa shape index (κ3) is 2.40. The second-order valence-corrected chi connectivity index (χ2v) is 7.81. The van der Waals surface area contributed by atoms with E-state index in [0.717, 1.165) is 32.2 Å². The van der Waals surface area contributed by atoms with Crippen molar-refractivity contribution in [2.75, 3.05) is 12.0 Å². The van der Waals surface area contributed by atoms with E-state index in [1.54, 1.807) is 11.3 Å². The molecule has 0 saturated carbocycles. The molecule has 25 heavy (non-hydrogen) atoms. The van der Waals surface area contributed by atoms with Crippen LogP contribution in [-0.2, 0) is 16.8 Å². The van der Waals surface area contributed by atoms with E-state index < -0.39 is 0 Å². The number of carbonyl (C=O) groups is 1. The average molecular weight is 353 g/mol. The summed E-state index contributed by atoms with van der Waals surface area (Å²) in [7, 11) is 1.42. The summed E-state index contributed by atoms with van der Waals surface area (Å²) in [6.07, 6.45) is 1.84. The summed E-state index contributed by atoms with van der Waals surface area (Å²) >= 11 is 1.64. The maximum absolute atomic E-state index is 12.1. The molecule has 0 fully saturated rings. The largest absolute Gasteiger partial charge is 0.465 e. The van der Waals surface area contributed by atoms with Crippen molar-refractivity contribution in [3.05, 3.63) is 52.7 Å². The van der Waals surface area contributed by atoms with Crippen LogP contribution in [0, 0.1) is 6.92 Å². The van der Waals surface area contributed by atoms with E-state index in [2.05, 4.69) is 35.9 Å². The van der Waals surface area contributed by atoms with Crippen LogP contribution in [0.3, 0.4) is 0 Å². The minimum atomic E-state index is -0.295. The average Bonchev–Trinajstić information content (AvgIpc) is 3.12. The molecule has 0 amide bonds. The number of carbonyl (C=O) groups excluding carboxylic acids is 1. The summed E-state index contributed by atoms with van der Waals surface area (Å²) in [4.78, 5) is 23.5. The third-order valence-electron chi connectivity index (χ3n) is 4.83. The van der Waals surface area contributed by atoms with Crippen molar-refractivity contribution < 1.29 is 9.53 Å². The summed E-state index contributed by atoms with van der Waals surface area (Å²) in [6.45, 7) is 6.98. The standard InChI is InChI=1S/C19H19N3O2S/c1-11-8-15-16(20-9-11)21-18(25-15)22-10-13-12(17(23)24-4)6-5-7-14(13)19(22,2)3/h5-9H,10H2,1-4H3. The van der Waals surface area contributed by atoms with E-state index in [1.165, 1.54) is 7.11 Å². The summed E-state index contributed by atoms with van der Waals surface area (Å²) < 4.78 is 6.03. The first-order chi connectivity index (χ1) is 11.9. The van der Waals surface area contributed by atoms with E-state index in [1.807, 2.05) is 25.3 Å². The SMILES string of the molecule is COC(=O)c1cccc2c1CN(c1nc3ncc(C)cc3s1)C2(C)C. The number of ether oxygens (including phenoxy) is 1. The van der Waals surface area contributed by atoms with Crippen molar-refractivity contribution >= 4 is 32.8 Å². The Kier molecular flexibility index (Phi) is 3.54. The topological polar surface area (TPSA) is 55.3 Å². The number of aromatic nitrogens is 2. The molecule has 1 aliphatic heterocycles. The first-order valence-corrected chi connectivity index (χ1v) is 8.95. The summed E-state index contributed by atoms with van der Waals surface area (Å²) in [5.41, 5.74) is 4.42. The minimum absolute atomic E-state index is 0.262. The first-order valence-electron chi connectivity index (χ1n) is 8.13. The van der Waals surface area contributed by atoms with Gasteiger partial charge in [0, 0.05) is 12.7 Å². The molecule has 3 heterocycles. The van der Waals surface area contributed by atoms with Crippen LogP contribution < -0.4 is 4.90 Å². The minimum Gasteiger partial charge on any atom is -0.465 e. The van der Waals surface area contributed by atoms with Crippen LogP contribution in [0.15, 0.2) is 30.5 Å². The lowest BCUT2D eigenvalue weighted by Crippen LogP contribution is -2.35. The quantitative estimate of drug-likeness (QED) is 0.651. The van der Waals surface area contributed by atoms with E-state index in [0.29, 0.717) is 12.1 Å². The molecule has 0 atom stereocenters. The first kappa shape index (κ1) is 16.0. The maximum atomic E-state index is 12.1. The molecule has 0 radical (unpaired) electrons. The Labute approximate surface area is 150 Å². The van der Waals surface area contributed by atoms with Gasteiger partial charge in [-0.3, -0.25) is 0 Å². The van der Waals surface area contributed by atoms with Gasteiger partial charge < -0.3 is 9.64 Å². The van der Waals surface area contributed by atoms with Crippen LogP contribution >= 0.6 is 11.3 Å². The van der Waals surface area contributed by atoms with E-state index in [9.17, 15) is 4.79 Å². The van der Waals surface area contributed by atoms with Crippen LogP contribution in [0.25, 0.3) is 10.3 Å². The molecule has 128 valence electrons. The lowest BCUT2D eigenvalue weighted by molar-refractivity contribution is 0.0599. The Bertz CT molecular complexity index is 993. The number of aryl methyl sites for hydroxylation is 1. The van der Waals surface area contributed by atoms with E-state index >= 15 is 0 Å². The van der Waals surface area contributed by atoms with Crippen LogP contribution in [0.4, 0.5) is 5.13 Å². The number of hydrogen-bond acceptors (Lipinski definition) is 6. The predicted octanol–water partition coefficient (Wildman–Crippen LogP) is 4.04. The molecule has 2 aromatic heterocycles. The molecule has 4 rings (SSSR count). The Hall–Kier alpha value is -2.47. The van der Waals surface area contributed by atoms with E-state index in [-0.39, 0.29) is 11.5 Å². The van der Waals surface area contributed by atoms with Gasteiger partial charge in [-0.2, -0.15) is 4.98 Å². The van der Waals surface area contributed by atoms with Crippen molar-refractivity contribution in [3.8, 4) is 0 Å². The van der Waals surface area contributed by atoms with Gasteiger partial charge in [-0.15, -0.1) is 0 Å². The van der Waals surface area contributed by atoms with Gasteiger partial charge in [0.25, 0.3) is 0 Å². The number of thiazole rings is 1. The molecule has 5 nitrogen and oxygen atoms in total. The van der Waals surface area contributed by atoms with Gasteiger partial charge in [0.15, 0.2) is 10.8 Å². The normalized spacial score (nSPS) is 15.4. The highest BCUT2D eigenvalue weighted by molar-refractivity contribution is 7.22. The molecule has 0 aliphatic carbocycles. The van der Waals surface area contributed by atoms with Gasteiger partial charge in [0.2, 0.25) is 0 Å². The number of anilines is 1. The van der Waals surface area contributed by atoms with Crippen LogP contribution in [0.1, 0.15) is 40.9 Å². The summed E-state index contributed by atoms with van der Waals surface area (Å²) in [5, 5.41) is 0.921. The number of hydrogen-bond donors (Lipinski definition) is 0. The van der Waals surface area contributed by atoms with Crippen LogP contribution in [-0.4, -0.2) is 23.0 Å². The Morgan fingerprint density at radius 1 is 1.36 bits per heavy atom. The fourth-order valence-electron chi connectivity index (χ4n) is 3.46. The monoisotopic (exact) mass is 353 g/mol. The van der Waals surface area contributed by atoms with Crippen molar-refractivity contribution in [1.82, 2.24) is 9.97 Å². The van der Waals surface area contributed by atoms with Crippen molar-refractivity contribution in [2.24, 2.45) is 0 Å². The highest BCUT2D eigenvalue weighted by Crippen LogP contribution is 2.45. The fourth-order valence-corrected chi connectivity index (χ4v) is 4.63. The zero-order chi connectivity index (χ0) is 17.8. The second kappa shape index (κ2) is 5.52. The van der Waals surface area contributed by atoms with E-state index in [4.69, 9.17) is 9.72 Å². The Balaban J connectivity index is 1.82. The van der Waals surface area contributed by atoms with Crippen molar-refractivity contribution in [2.45, 2.75) is 32.9 Å². The van der Waals surface area contributed by atoms with Crippen LogP contribution in [0.5, 0.6) is 0 Å². The molecule has 0 spiro atoms. The zero-order valence-electron chi connectivity index (χ0n) is 14.7. The van der Waals surface area contributed by atoms with Gasteiger partial charge in [0.1, 0.15) is 0 Å². The number of pyridine rings is 1. The number of esters is 1. The number of rotatable bonds is 2. The second-order valence-electron chi connectivity index (χ2n) is 6.80. The third-order valence-corrected chi connectivity index (χ3v) is 5.85. The van der Waals surface area contributed by atoms with Gasteiger partial charge in [0.05, 0.1) is 22.9 Å². The molecular weight excluding hydrogens is 334 g/mol. The number of fused-ring (bicyclic) bond motifs is 2. The molecule has 0 bridgehead atoms. The van der Waals surface area contributed by atoms with Crippen LogP contribution in [0.2, 0.25) is 0 Å². The summed E-state index contributed by atoms with van der Waals surface area (Å²) in [6, 6.07) is 7.93. The van der Waals surface area contributed by atoms with Crippen molar-refractivity contribution in [1.29, 1.82) is 0 Å². The molecule has 0 N–H and O–H groups in total. The lowest BCUT2D eigenvalue weighted by atomic mass is 9.92. The van der Waals surface area contributed by atoms with Gasteiger partial charge in [-0.1, -0.05) is 23.5 Å². The smallest absolute Gasteiger partial charge is 0.338 e. The Morgan fingerprint density at radius 2 is 2.16 bits per heavy atom.